The normalized spacial score (nSPS) is 10.7. The Bertz CT molecular complexity index is 782. The van der Waals surface area contributed by atoms with Crippen LogP contribution in [0.25, 0.3) is 10.9 Å². The molecule has 0 atom stereocenters. The van der Waals surface area contributed by atoms with E-state index in [9.17, 15) is 4.79 Å². The van der Waals surface area contributed by atoms with Gasteiger partial charge in [0.2, 0.25) is 0 Å². The summed E-state index contributed by atoms with van der Waals surface area (Å²) in [5, 5.41) is 1.99. The van der Waals surface area contributed by atoms with E-state index in [0.29, 0.717) is 4.88 Å². The molecule has 0 unspecified atom stereocenters. The molecule has 0 aliphatic carbocycles. The number of carbonyl (C=O) groups excluding carboxylic acids is 1. The highest BCUT2D eigenvalue weighted by molar-refractivity contribution is 7.98. The van der Waals surface area contributed by atoms with Crippen molar-refractivity contribution in [1.29, 1.82) is 0 Å². The Morgan fingerprint density at radius 2 is 2.10 bits per heavy atom. The number of benzene rings is 1. The van der Waals surface area contributed by atoms with Gasteiger partial charge in [0.15, 0.2) is 0 Å². The number of aromatic nitrogens is 2. The minimum absolute atomic E-state index is 0.260. The molecule has 3 rings (SSSR count). The summed E-state index contributed by atoms with van der Waals surface area (Å²) in [5.74, 6) is 5.62. The van der Waals surface area contributed by atoms with E-state index >= 15 is 0 Å². The zero-order chi connectivity index (χ0) is 14.7. The molecule has 0 radical (unpaired) electrons. The summed E-state index contributed by atoms with van der Waals surface area (Å²) in [6, 6.07) is 11.6. The standard InChI is InChI=1S/C14H12N4OS2/c15-18-13(19)12-6-5-9(21-12)7-20-14-10-3-1-2-4-11(10)16-8-17-14/h1-6,8H,7,15H2,(H,18,19). The fourth-order valence-corrected chi connectivity index (χ4v) is 3.83. The van der Waals surface area contributed by atoms with Crippen molar-refractivity contribution < 1.29 is 4.79 Å². The monoisotopic (exact) mass is 316 g/mol. The van der Waals surface area contributed by atoms with Gasteiger partial charge in [-0.25, -0.2) is 15.8 Å². The van der Waals surface area contributed by atoms with E-state index in [0.717, 1.165) is 26.6 Å². The van der Waals surface area contributed by atoms with Crippen molar-refractivity contribution in [3.05, 3.63) is 52.5 Å². The van der Waals surface area contributed by atoms with E-state index < -0.39 is 0 Å². The summed E-state index contributed by atoms with van der Waals surface area (Å²) in [6.45, 7) is 0. The third-order valence-electron chi connectivity index (χ3n) is 2.87. The molecule has 0 aliphatic heterocycles. The van der Waals surface area contributed by atoms with Gasteiger partial charge in [-0.1, -0.05) is 18.2 Å². The predicted molar refractivity (Wildman–Crippen MR) is 85.1 cm³/mol. The van der Waals surface area contributed by atoms with Crippen LogP contribution in [0.3, 0.4) is 0 Å². The van der Waals surface area contributed by atoms with Crippen LogP contribution in [0.15, 0.2) is 47.8 Å². The summed E-state index contributed by atoms with van der Waals surface area (Å²) >= 11 is 3.07. The third-order valence-corrected chi connectivity index (χ3v) is 5.19. The summed E-state index contributed by atoms with van der Waals surface area (Å²) in [7, 11) is 0. The minimum Gasteiger partial charge on any atom is -0.289 e. The van der Waals surface area contributed by atoms with Gasteiger partial charge in [-0.05, 0) is 18.2 Å². The van der Waals surface area contributed by atoms with Crippen molar-refractivity contribution in [2.45, 2.75) is 10.8 Å². The molecule has 2 aromatic heterocycles. The van der Waals surface area contributed by atoms with Crippen molar-refractivity contribution in [1.82, 2.24) is 15.4 Å². The predicted octanol–water partition coefficient (Wildman–Crippen LogP) is 2.59. The topological polar surface area (TPSA) is 80.9 Å². The fraction of sp³-hybridized carbons (Fsp3) is 0.0714. The van der Waals surface area contributed by atoms with E-state index in [1.165, 1.54) is 11.3 Å². The van der Waals surface area contributed by atoms with E-state index in [2.05, 4.69) is 15.4 Å². The number of hydrogen-bond acceptors (Lipinski definition) is 6. The average Bonchev–Trinajstić information content (AvgIpc) is 3.01. The zero-order valence-electron chi connectivity index (χ0n) is 10.9. The average molecular weight is 316 g/mol. The second-order valence-corrected chi connectivity index (χ2v) is 6.36. The Morgan fingerprint density at radius 3 is 2.95 bits per heavy atom. The summed E-state index contributed by atoms with van der Waals surface area (Å²) in [6.07, 6.45) is 1.58. The van der Waals surface area contributed by atoms with Crippen LogP contribution in [0.1, 0.15) is 14.5 Å². The molecule has 1 amide bonds. The molecule has 0 saturated carbocycles. The Balaban J connectivity index is 1.77. The number of nitrogens with one attached hydrogen (secondary N) is 1. The van der Waals surface area contributed by atoms with Crippen molar-refractivity contribution in [2.75, 3.05) is 0 Å². The molecule has 3 N–H and O–H groups in total. The van der Waals surface area contributed by atoms with Crippen LogP contribution in [0.4, 0.5) is 0 Å². The fourth-order valence-electron chi connectivity index (χ4n) is 1.88. The van der Waals surface area contributed by atoms with Gasteiger partial charge in [0.1, 0.15) is 11.4 Å². The molecule has 7 heteroatoms. The number of fused-ring (bicyclic) bond motifs is 1. The number of nitrogen functional groups attached to an aromatic ring is 1. The van der Waals surface area contributed by atoms with Crippen LogP contribution in [0, 0.1) is 0 Å². The van der Waals surface area contributed by atoms with Crippen molar-refractivity contribution in [2.24, 2.45) is 5.84 Å². The van der Waals surface area contributed by atoms with Crippen LogP contribution in [0.5, 0.6) is 0 Å². The maximum absolute atomic E-state index is 11.4. The summed E-state index contributed by atoms with van der Waals surface area (Å²) < 4.78 is 0. The molecule has 0 fully saturated rings. The number of hydrazine groups is 1. The third kappa shape index (κ3) is 3.05. The molecular weight excluding hydrogens is 304 g/mol. The molecule has 0 bridgehead atoms. The van der Waals surface area contributed by atoms with Crippen LogP contribution in [-0.2, 0) is 5.75 Å². The molecule has 0 spiro atoms. The van der Waals surface area contributed by atoms with E-state index in [4.69, 9.17) is 5.84 Å². The lowest BCUT2D eigenvalue weighted by Crippen LogP contribution is -2.29. The Labute approximate surface area is 129 Å². The van der Waals surface area contributed by atoms with Gasteiger partial charge in [0, 0.05) is 16.0 Å². The molecule has 3 aromatic rings. The number of hydrogen-bond donors (Lipinski definition) is 2. The van der Waals surface area contributed by atoms with E-state index in [-0.39, 0.29) is 5.91 Å². The second-order valence-electron chi connectivity index (χ2n) is 4.22. The summed E-state index contributed by atoms with van der Waals surface area (Å²) in [5.41, 5.74) is 3.07. The first-order chi connectivity index (χ1) is 10.3. The number of rotatable bonds is 4. The molecule has 2 heterocycles. The number of thioether (sulfide) groups is 1. The number of carbonyl (C=O) groups is 1. The van der Waals surface area contributed by atoms with Gasteiger partial charge in [-0.15, -0.1) is 23.1 Å². The first-order valence-corrected chi connectivity index (χ1v) is 8.00. The molecule has 0 saturated heterocycles. The molecule has 106 valence electrons. The lowest BCUT2D eigenvalue weighted by Gasteiger charge is -2.03. The SMILES string of the molecule is NNC(=O)c1ccc(CSc2ncnc3ccccc23)s1. The van der Waals surface area contributed by atoms with Gasteiger partial charge in [0.05, 0.1) is 10.4 Å². The highest BCUT2D eigenvalue weighted by atomic mass is 32.2. The lowest BCUT2D eigenvalue weighted by molar-refractivity contribution is 0.0957. The van der Waals surface area contributed by atoms with Crippen molar-refractivity contribution >= 4 is 39.9 Å². The highest BCUT2D eigenvalue weighted by Gasteiger charge is 2.09. The van der Waals surface area contributed by atoms with Crippen LogP contribution < -0.4 is 11.3 Å². The van der Waals surface area contributed by atoms with Gasteiger partial charge >= 0.3 is 0 Å². The van der Waals surface area contributed by atoms with Gasteiger partial charge < -0.3 is 0 Å². The van der Waals surface area contributed by atoms with Crippen LogP contribution >= 0.6 is 23.1 Å². The molecule has 21 heavy (non-hydrogen) atoms. The van der Waals surface area contributed by atoms with E-state index in [1.54, 1.807) is 24.2 Å². The second kappa shape index (κ2) is 6.21. The first kappa shape index (κ1) is 14.0. The largest absolute Gasteiger partial charge is 0.289 e. The number of nitrogens with two attached hydrogens (primary N) is 1. The summed E-state index contributed by atoms with van der Waals surface area (Å²) in [4.78, 5) is 21.7. The lowest BCUT2D eigenvalue weighted by atomic mass is 10.2. The Morgan fingerprint density at radius 1 is 1.24 bits per heavy atom. The minimum atomic E-state index is -0.260. The number of para-hydroxylation sites is 1. The maximum Gasteiger partial charge on any atom is 0.275 e. The van der Waals surface area contributed by atoms with Crippen molar-refractivity contribution in [3.8, 4) is 0 Å². The number of amides is 1. The molecular formula is C14H12N4OS2. The van der Waals surface area contributed by atoms with Crippen LogP contribution in [-0.4, -0.2) is 15.9 Å². The number of nitrogens with zero attached hydrogens (tertiary/aromatic N) is 2. The maximum atomic E-state index is 11.4. The molecule has 5 nitrogen and oxygen atoms in total. The van der Waals surface area contributed by atoms with E-state index in [1.807, 2.05) is 30.3 Å². The quantitative estimate of drug-likeness (QED) is 0.254. The number of thiophene rings is 1. The Kier molecular flexibility index (Phi) is 4.14. The Hall–Kier alpha value is -1.96. The first-order valence-electron chi connectivity index (χ1n) is 6.20. The van der Waals surface area contributed by atoms with Gasteiger partial charge in [0.25, 0.3) is 5.91 Å². The van der Waals surface area contributed by atoms with Crippen LogP contribution in [0.2, 0.25) is 0 Å². The van der Waals surface area contributed by atoms with Gasteiger partial charge in [-0.3, -0.25) is 10.2 Å². The smallest absolute Gasteiger partial charge is 0.275 e. The molecule has 1 aromatic carbocycles. The van der Waals surface area contributed by atoms with Gasteiger partial charge in [-0.2, -0.15) is 0 Å². The van der Waals surface area contributed by atoms with Crippen molar-refractivity contribution in [3.63, 3.8) is 0 Å². The molecule has 0 aliphatic rings. The highest BCUT2D eigenvalue weighted by Crippen LogP contribution is 2.29. The zero-order valence-corrected chi connectivity index (χ0v) is 12.6.